The molecule has 0 unspecified atom stereocenters. The van der Waals surface area contributed by atoms with Crippen LogP contribution in [0.2, 0.25) is 0 Å². The fraction of sp³-hybridized carbons (Fsp3) is 0.625. The summed E-state index contributed by atoms with van der Waals surface area (Å²) in [6.45, 7) is 6.53. The standard InChI is InChI=1S/C16H27N3/c1-16(2,17)12-13-6-4-5-7-15(13)18-14-8-10-19(3)11-9-14/h4-7,14,18H,8-12,17H2,1-3H3. The van der Waals surface area contributed by atoms with Crippen molar-refractivity contribution in [1.29, 1.82) is 0 Å². The van der Waals surface area contributed by atoms with Crippen LogP contribution in [0.5, 0.6) is 0 Å². The van der Waals surface area contributed by atoms with Crippen LogP contribution >= 0.6 is 0 Å². The van der Waals surface area contributed by atoms with E-state index in [4.69, 9.17) is 5.73 Å². The molecular weight excluding hydrogens is 234 g/mol. The predicted molar refractivity (Wildman–Crippen MR) is 82.6 cm³/mol. The third kappa shape index (κ3) is 4.51. The van der Waals surface area contributed by atoms with E-state index in [2.05, 4.69) is 55.4 Å². The number of likely N-dealkylation sites (tertiary alicyclic amines) is 1. The minimum Gasteiger partial charge on any atom is -0.382 e. The van der Waals surface area contributed by atoms with Crippen LogP contribution in [0.1, 0.15) is 32.3 Å². The van der Waals surface area contributed by atoms with Gasteiger partial charge in [-0.1, -0.05) is 18.2 Å². The zero-order valence-electron chi connectivity index (χ0n) is 12.4. The molecule has 1 heterocycles. The second-order valence-electron chi connectivity index (χ2n) is 6.54. The number of hydrogen-bond donors (Lipinski definition) is 2. The molecule has 0 bridgehead atoms. The highest BCUT2D eigenvalue weighted by Gasteiger charge is 2.19. The number of nitrogens with two attached hydrogens (primary N) is 1. The van der Waals surface area contributed by atoms with Gasteiger partial charge in [0.1, 0.15) is 0 Å². The predicted octanol–water partition coefficient (Wildman–Crippen LogP) is 2.47. The molecule has 0 atom stereocenters. The van der Waals surface area contributed by atoms with Gasteiger partial charge in [-0.15, -0.1) is 0 Å². The fourth-order valence-electron chi connectivity index (χ4n) is 2.68. The summed E-state index contributed by atoms with van der Waals surface area (Å²) in [5.41, 5.74) is 8.58. The van der Waals surface area contributed by atoms with E-state index in [0.717, 1.165) is 6.42 Å². The van der Waals surface area contributed by atoms with Crippen molar-refractivity contribution >= 4 is 5.69 Å². The molecule has 106 valence electrons. The van der Waals surface area contributed by atoms with Crippen LogP contribution in [0.15, 0.2) is 24.3 Å². The molecule has 0 amide bonds. The molecule has 1 aliphatic rings. The number of nitrogens with one attached hydrogen (secondary N) is 1. The van der Waals surface area contributed by atoms with Gasteiger partial charge in [-0.25, -0.2) is 0 Å². The summed E-state index contributed by atoms with van der Waals surface area (Å²) < 4.78 is 0. The number of rotatable bonds is 4. The molecule has 3 heteroatoms. The van der Waals surface area contributed by atoms with Crippen LogP contribution in [0, 0.1) is 0 Å². The molecule has 3 N–H and O–H groups in total. The largest absolute Gasteiger partial charge is 0.382 e. The van der Waals surface area contributed by atoms with Gasteiger partial charge in [-0.3, -0.25) is 0 Å². The smallest absolute Gasteiger partial charge is 0.0375 e. The third-order valence-corrected chi connectivity index (χ3v) is 3.74. The summed E-state index contributed by atoms with van der Waals surface area (Å²) in [6.07, 6.45) is 3.34. The highest BCUT2D eigenvalue weighted by atomic mass is 15.1. The molecule has 19 heavy (non-hydrogen) atoms. The average Bonchev–Trinajstić information content (AvgIpc) is 2.33. The first-order valence-electron chi connectivity index (χ1n) is 7.26. The van der Waals surface area contributed by atoms with Crippen molar-refractivity contribution in [3.63, 3.8) is 0 Å². The van der Waals surface area contributed by atoms with Crippen molar-refractivity contribution in [2.45, 2.75) is 44.7 Å². The normalized spacial score (nSPS) is 18.5. The van der Waals surface area contributed by atoms with Crippen molar-refractivity contribution in [1.82, 2.24) is 4.90 Å². The van der Waals surface area contributed by atoms with Gasteiger partial charge in [0.25, 0.3) is 0 Å². The second kappa shape index (κ2) is 5.93. The summed E-state index contributed by atoms with van der Waals surface area (Å²) in [4.78, 5) is 2.40. The zero-order chi connectivity index (χ0) is 13.9. The van der Waals surface area contributed by atoms with Gasteiger partial charge in [0.15, 0.2) is 0 Å². The molecule has 1 aliphatic heterocycles. The van der Waals surface area contributed by atoms with E-state index in [1.54, 1.807) is 0 Å². The maximum atomic E-state index is 6.15. The van der Waals surface area contributed by atoms with Crippen molar-refractivity contribution in [3.05, 3.63) is 29.8 Å². The van der Waals surface area contributed by atoms with E-state index in [0.29, 0.717) is 6.04 Å². The SMILES string of the molecule is CN1CCC(Nc2ccccc2CC(C)(C)N)CC1. The minimum atomic E-state index is -0.162. The van der Waals surface area contributed by atoms with Gasteiger partial charge in [0, 0.05) is 17.3 Å². The van der Waals surface area contributed by atoms with Crippen molar-refractivity contribution in [3.8, 4) is 0 Å². The lowest BCUT2D eigenvalue weighted by Gasteiger charge is -2.31. The Bertz CT molecular complexity index is 401. The molecule has 1 saturated heterocycles. The Balaban J connectivity index is 2.03. The fourth-order valence-corrected chi connectivity index (χ4v) is 2.68. The van der Waals surface area contributed by atoms with Gasteiger partial charge in [0.2, 0.25) is 0 Å². The van der Waals surface area contributed by atoms with Gasteiger partial charge in [-0.05, 0) is 64.9 Å². The summed E-state index contributed by atoms with van der Waals surface area (Å²) in [7, 11) is 2.20. The molecule has 2 rings (SSSR count). The number of hydrogen-bond acceptors (Lipinski definition) is 3. The van der Waals surface area contributed by atoms with Gasteiger partial charge in [-0.2, -0.15) is 0 Å². The third-order valence-electron chi connectivity index (χ3n) is 3.74. The molecular formula is C16H27N3. The van der Waals surface area contributed by atoms with E-state index >= 15 is 0 Å². The minimum absolute atomic E-state index is 0.162. The molecule has 0 spiro atoms. The number of piperidine rings is 1. The summed E-state index contributed by atoms with van der Waals surface area (Å²) >= 11 is 0. The number of para-hydroxylation sites is 1. The maximum absolute atomic E-state index is 6.15. The summed E-state index contributed by atoms with van der Waals surface area (Å²) in [6, 6.07) is 9.16. The first-order valence-corrected chi connectivity index (χ1v) is 7.26. The summed E-state index contributed by atoms with van der Waals surface area (Å²) in [5.74, 6) is 0. The van der Waals surface area contributed by atoms with Crippen LogP contribution < -0.4 is 11.1 Å². The lowest BCUT2D eigenvalue weighted by molar-refractivity contribution is 0.264. The topological polar surface area (TPSA) is 41.3 Å². The van der Waals surface area contributed by atoms with Crippen molar-refractivity contribution in [2.75, 3.05) is 25.5 Å². The average molecular weight is 261 g/mol. The highest BCUT2D eigenvalue weighted by molar-refractivity contribution is 5.52. The number of nitrogens with zero attached hydrogens (tertiary/aromatic N) is 1. The van der Waals surface area contributed by atoms with E-state index in [9.17, 15) is 0 Å². The van der Waals surface area contributed by atoms with Crippen molar-refractivity contribution in [2.24, 2.45) is 5.73 Å². The quantitative estimate of drug-likeness (QED) is 0.875. The van der Waals surface area contributed by atoms with Gasteiger partial charge in [0.05, 0.1) is 0 Å². The van der Waals surface area contributed by atoms with Crippen LogP contribution in [0.3, 0.4) is 0 Å². The van der Waals surface area contributed by atoms with E-state index in [1.807, 2.05) is 0 Å². The number of anilines is 1. The van der Waals surface area contributed by atoms with Crippen LogP contribution in [0.25, 0.3) is 0 Å². The van der Waals surface area contributed by atoms with Crippen LogP contribution in [-0.2, 0) is 6.42 Å². The number of benzene rings is 1. The zero-order valence-corrected chi connectivity index (χ0v) is 12.4. The Morgan fingerprint density at radius 1 is 1.26 bits per heavy atom. The molecule has 0 aromatic heterocycles. The maximum Gasteiger partial charge on any atom is 0.0375 e. The summed E-state index contributed by atoms with van der Waals surface area (Å²) in [5, 5.41) is 3.71. The second-order valence-corrected chi connectivity index (χ2v) is 6.54. The van der Waals surface area contributed by atoms with Crippen molar-refractivity contribution < 1.29 is 0 Å². The van der Waals surface area contributed by atoms with E-state index < -0.39 is 0 Å². The van der Waals surface area contributed by atoms with E-state index in [-0.39, 0.29) is 5.54 Å². The van der Waals surface area contributed by atoms with E-state index in [1.165, 1.54) is 37.2 Å². The molecule has 1 aromatic rings. The molecule has 0 radical (unpaired) electrons. The molecule has 1 aromatic carbocycles. The van der Waals surface area contributed by atoms with Crippen LogP contribution in [-0.4, -0.2) is 36.6 Å². The Morgan fingerprint density at radius 2 is 1.89 bits per heavy atom. The lowest BCUT2D eigenvalue weighted by atomic mass is 9.94. The highest BCUT2D eigenvalue weighted by Crippen LogP contribution is 2.22. The Labute approximate surface area is 117 Å². The van der Waals surface area contributed by atoms with Crippen LogP contribution in [0.4, 0.5) is 5.69 Å². The Kier molecular flexibility index (Phi) is 4.48. The van der Waals surface area contributed by atoms with Gasteiger partial charge >= 0.3 is 0 Å². The Morgan fingerprint density at radius 3 is 2.53 bits per heavy atom. The lowest BCUT2D eigenvalue weighted by Crippen LogP contribution is -2.37. The molecule has 0 aliphatic carbocycles. The molecule has 3 nitrogen and oxygen atoms in total. The first-order chi connectivity index (χ1) is 8.94. The first kappa shape index (κ1) is 14.4. The monoisotopic (exact) mass is 261 g/mol. The molecule has 0 saturated carbocycles. The Hall–Kier alpha value is -1.06. The molecule has 1 fully saturated rings. The van der Waals surface area contributed by atoms with Gasteiger partial charge < -0.3 is 16.0 Å².